The molecule has 12 heavy (non-hydrogen) atoms. The summed E-state index contributed by atoms with van der Waals surface area (Å²) in [6.45, 7) is 2.17. The molecule has 0 nitrogen and oxygen atoms in total. The minimum atomic E-state index is 1.15. The largest absolute Gasteiger partial charge is 0.0888 e. The molecule has 64 valence electrons. The van der Waals surface area contributed by atoms with Gasteiger partial charge in [-0.25, -0.2) is 0 Å². The van der Waals surface area contributed by atoms with E-state index in [0.29, 0.717) is 0 Å². The van der Waals surface area contributed by atoms with Gasteiger partial charge in [0.2, 0.25) is 0 Å². The van der Waals surface area contributed by atoms with Gasteiger partial charge in [-0.1, -0.05) is 49.4 Å². The van der Waals surface area contributed by atoms with Gasteiger partial charge in [0, 0.05) is 0 Å². The summed E-state index contributed by atoms with van der Waals surface area (Å²) in [6.07, 6.45) is 7.96. The predicted molar refractivity (Wildman–Crippen MR) is 54.2 cm³/mol. The highest BCUT2D eigenvalue weighted by Crippen LogP contribution is 2.02. The second kappa shape index (κ2) is 5.59. The summed E-state index contributed by atoms with van der Waals surface area (Å²) in [5.41, 5.74) is 1.43. The summed E-state index contributed by atoms with van der Waals surface area (Å²) in [6, 6.07) is 10.6. The molecule has 0 spiro atoms. The molecular weight excluding hydrogens is 144 g/mol. The summed E-state index contributed by atoms with van der Waals surface area (Å²) in [5, 5.41) is 0. The Balaban J connectivity index is 2.29. The summed E-state index contributed by atoms with van der Waals surface area (Å²) in [4.78, 5) is 0. The number of aryl methyl sites for hydroxylation is 1. The Bertz CT molecular complexity index is 221. The first-order chi connectivity index (χ1) is 5.93. The second-order valence-electron chi connectivity index (χ2n) is 2.90. The van der Waals surface area contributed by atoms with Gasteiger partial charge in [-0.3, -0.25) is 0 Å². The average molecular weight is 160 g/mol. The van der Waals surface area contributed by atoms with Gasteiger partial charge < -0.3 is 0 Å². The summed E-state index contributed by atoms with van der Waals surface area (Å²) in [5.74, 6) is 0. The quantitative estimate of drug-likeness (QED) is 0.590. The molecule has 0 heterocycles. The summed E-state index contributed by atoms with van der Waals surface area (Å²) in [7, 11) is 0. The maximum Gasteiger partial charge on any atom is -0.0244 e. The highest BCUT2D eigenvalue weighted by atomic mass is 13.9. The van der Waals surface area contributed by atoms with Crippen LogP contribution in [0.5, 0.6) is 0 Å². The molecule has 0 fully saturated rings. The number of allylic oxidation sites excluding steroid dienone is 2. The van der Waals surface area contributed by atoms with E-state index in [-0.39, 0.29) is 0 Å². The van der Waals surface area contributed by atoms with Crippen molar-refractivity contribution < 1.29 is 0 Å². The zero-order valence-corrected chi connectivity index (χ0v) is 7.66. The monoisotopic (exact) mass is 160 g/mol. The Hall–Kier alpha value is -1.04. The van der Waals surface area contributed by atoms with Crippen molar-refractivity contribution in [1.29, 1.82) is 0 Å². The van der Waals surface area contributed by atoms with E-state index in [2.05, 4.69) is 49.4 Å². The molecule has 0 atom stereocenters. The Kier molecular flexibility index (Phi) is 4.22. The minimum Gasteiger partial charge on any atom is -0.0888 e. The van der Waals surface area contributed by atoms with Crippen LogP contribution in [0, 0.1) is 0 Å². The zero-order valence-electron chi connectivity index (χ0n) is 7.66. The van der Waals surface area contributed by atoms with Crippen LogP contribution >= 0.6 is 0 Å². The molecule has 0 aliphatic rings. The third-order valence-corrected chi connectivity index (χ3v) is 1.84. The molecule has 1 rings (SSSR count). The Morgan fingerprint density at radius 1 is 1.08 bits per heavy atom. The lowest BCUT2D eigenvalue weighted by molar-refractivity contribution is 0.992. The highest BCUT2D eigenvalue weighted by molar-refractivity contribution is 5.15. The molecule has 0 radical (unpaired) electrons. The lowest BCUT2D eigenvalue weighted by Crippen LogP contribution is -1.80. The molecule has 0 N–H and O–H groups in total. The maximum absolute atomic E-state index is 2.26. The number of benzene rings is 1. The van der Waals surface area contributed by atoms with Crippen molar-refractivity contribution in [3.8, 4) is 0 Å². The van der Waals surface area contributed by atoms with Gasteiger partial charge in [0.1, 0.15) is 0 Å². The molecule has 0 aliphatic carbocycles. The smallest absolute Gasteiger partial charge is 0.0244 e. The fourth-order valence-corrected chi connectivity index (χ4v) is 1.18. The molecule has 1 aromatic rings. The van der Waals surface area contributed by atoms with Crippen molar-refractivity contribution >= 4 is 0 Å². The lowest BCUT2D eigenvalue weighted by Gasteiger charge is -1.95. The van der Waals surface area contributed by atoms with Crippen molar-refractivity contribution in [3.05, 3.63) is 48.0 Å². The Labute approximate surface area is 74.9 Å². The molecule has 0 amide bonds. The molecule has 0 saturated carbocycles. The van der Waals surface area contributed by atoms with Crippen LogP contribution in [0.25, 0.3) is 0 Å². The van der Waals surface area contributed by atoms with Crippen LogP contribution in [0.1, 0.15) is 25.3 Å². The van der Waals surface area contributed by atoms with Crippen molar-refractivity contribution in [2.75, 3.05) is 0 Å². The van der Waals surface area contributed by atoms with E-state index in [1.165, 1.54) is 5.56 Å². The normalized spacial score (nSPS) is 10.8. The van der Waals surface area contributed by atoms with Crippen LogP contribution in [0.2, 0.25) is 0 Å². The molecule has 0 heteroatoms. The van der Waals surface area contributed by atoms with Gasteiger partial charge in [0.05, 0.1) is 0 Å². The van der Waals surface area contributed by atoms with Gasteiger partial charge in [-0.2, -0.15) is 0 Å². The van der Waals surface area contributed by atoms with Gasteiger partial charge >= 0.3 is 0 Å². The Morgan fingerprint density at radius 3 is 2.50 bits per heavy atom. The van der Waals surface area contributed by atoms with Crippen molar-refractivity contribution in [3.63, 3.8) is 0 Å². The van der Waals surface area contributed by atoms with E-state index in [1.54, 1.807) is 0 Å². The number of hydrogen-bond donors (Lipinski definition) is 0. The first kappa shape index (κ1) is 9.05. The topological polar surface area (TPSA) is 0 Å². The van der Waals surface area contributed by atoms with Crippen LogP contribution in [0.3, 0.4) is 0 Å². The van der Waals surface area contributed by atoms with E-state index in [4.69, 9.17) is 0 Å². The van der Waals surface area contributed by atoms with Crippen molar-refractivity contribution in [2.24, 2.45) is 0 Å². The molecule has 0 bridgehead atoms. The van der Waals surface area contributed by atoms with Crippen LogP contribution in [0.15, 0.2) is 42.5 Å². The van der Waals surface area contributed by atoms with Crippen LogP contribution < -0.4 is 0 Å². The fraction of sp³-hybridized carbons (Fsp3) is 0.333. The van der Waals surface area contributed by atoms with E-state index in [0.717, 1.165) is 19.3 Å². The molecule has 0 aromatic heterocycles. The van der Waals surface area contributed by atoms with Gasteiger partial charge in [0.15, 0.2) is 0 Å². The standard InChI is InChI=1S/C12H16/c1-2-3-4-6-9-12-10-7-5-8-11-12/h3-5,7-8,10-11H,2,6,9H2,1H3/b4-3-. The SMILES string of the molecule is CC/C=C\CCc1ccccc1. The molecular formula is C12H16. The van der Waals surface area contributed by atoms with Crippen LogP contribution in [0.4, 0.5) is 0 Å². The molecule has 0 aliphatic heterocycles. The highest BCUT2D eigenvalue weighted by Gasteiger charge is 1.86. The lowest BCUT2D eigenvalue weighted by atomic mass is 10.1. The predicted octanol–water partition coefficient (Wildman–Crippen LogP) is 3.59. The Morgan fingerprint density at radius 2 is 1.83 bits per heavy atom. The van der Waals surface area contributed by atoms with Crippen molar-refractivity contribution in [2.45, 2.75) is 26.2 Å². The zero-order chi connectivity index (χ0) is 8.65. The molecule has 0 saturated heterocycles. The molecule has 1 aromatic carbocycles. The van der Waals surface area contributed by atoms with Gasteiger partial charge in [-0.15, -0.1) is 0 Å². The number of rotatable bonds is 4. The fourth-order valence-electron chi connectivity index (χ4n) is 1.18. The van der Waals surface area contributed by atoms with Gasteiger partial charge in [-0.05, 0) is 24.8 Å². The van der Waals surface area contributed by atoms with Crippen LogP contribution in [-0.2, 0) is 6.42 Å². The maximum atomic E-state index is 2.26. The van der Waals surface area contributed by atoms with Crippen molar-refractivity contribution in [1.82, 2.24) is 0 Å². The number of hydrogen-bond acceptors (Lipinski definition) is 0. The second-order valence-corrected chi connectivity index (χ2v) is 2.90. The third-order valence-electron chi connectivity index (χ3n) is 1.84. The first-order valence-electron chi connectivity index (χ1n) is 4.62. The summed E-state index contributed by atoms with van der Waals surface area (Å²) < 4.78 is 0. The minimum absolute atomic E-state index is 1.15. The summed E-state index contributed by atoms with van der Waals surface area (Å²) >= 11 is 0. The first-order valence-corrected chi connectivity index (χ1v) is 4.62. The van der Waals surface area contributed by atoms with Crippen LogP contribution in [-0.4, -0.2) is 0 Å². The van der Waals surface area contributed by atoms with E-state index in [1.807, 2.05) is 0 Å². The molecule has 0 unspecified atom stereocenters. The van der Waals surface area contributed by atoms with E-state index >= 15 is 0 Å². The van der Waals surface area contributed by atoms with Gasteiger partial charge in [0.25, 0.3) is 0 Å². The average Bonchev–Trinajstić information content (AvgIpc) is 2.14. The van der Waals surface area contributed by atoms with E-state index < -0.39 is 0 Å². The van der Waals surface area contributed by atoms with E-state index in [9.17, 15) is 0 Å². The third kappa shape index (κ3) is 3.38.